The van der Waals surface area contributed by atoms with Crippen molar-refractivity contribution in [3.05, 3.63) is 47.4 Å². The first-order valence-corrected chi connectivity index (χ1v) is 9.06. The van der Waals surface area contributed by atoms with Crippen molar-refractivity contribution in [2.45, 2.75) is 52.5 Å². The molecule has 0 aliphatic carbocycles. The summed E-state index contributed by atoms with van der Waals surface area (Å²) in [5.74, 6) is 0.666. The molecule has 1 aromatic heterocycles. The molecule has 1 atom stereocenters. The molecule has 1 aliphatic heterocycles. The topological polar surface area (TPSA) is 58.1 Å². The zero-order valence-electron chi connectivity index (χ0n) is 15.2. The molecule has 0 saturated carbocycles. The molecule has 5 heteroatoms. The quantitative estimate of drug-likeness (QED) is 0.911. The molecule has 1 aromatic carbocycles. The van der Waals surface area contributed by atoms with E-state index < -0.39 is 0 Å². The average molecular weight is 338 g/mol. The number of piperidine rings is 1. The van der Waals surface area contributed by atoms with E-state index in [4.69, 9.17) is 0 Å². The van der Waals surface area contributed by atoms with Crippen LogP contribution in [0.4, 0.5) is 11.5 Å². The predicted octanol–water partition coefficient (Wildman–Crippen LogP) is 4.11. The maximum Gasteiger partial charge on any atom is 0.274 e. The van der Waals surface area contributed by atoms with Crippen LogP contribution in [-0.2, 0) is 0 Å². The molecule has 1 unspecified atom stereocenters. The van der Waals surface area contributed by atoms with Gasteiger partial charge in [-0.3, -0.25) is 4.79 Å². The van der Waals surface area contributed by atoms with Gasteiger partial charge in [-0.25, -0.2) is 9.97 Å². The van der Waals surface area contributed by atoms with Crippen molar-refractivity contribution in [1.29, 1.82) is 0 Å². The number of aromatic nitrogens is 2. The predicted molar refractivity (Wildman–Crippen MR) is 101 cm³/mol. The van der Waals surface area contributed by atoms with Crippen LogP contribution in [0.2, 0.25) is 0 Å². The standard InChI is InChI=1S/C20H26N4O/c1-4-16-10-5-6-11-24(16)18-12-17(21-13-22-18)20(25)23-19-14(2)8-7-9-15(19)3/h7-9,12-13,16H,4-6,10-11H2,1-3H3,(H,23,25). The van der Waals surface area contributed by atoms with Crippen LogP contribution in [-0.4, -0.2) is 28.5 Å². The van der Waals surface area contributed by atoms with E-state index in [0.29, 0.717) is 11.7 Å². The van der Waals surface area contributed by atoms with Gasteiger partial charge in [0.05, 0.1) is 0 Å². The number of amides is 1. The monoisotopic (exact) mass is 338 g/mol. The number of anilines is 2. The zero-order chi connectivity index (χ0) is 17.8. The third kappa shape index (κ3) is 3.81. The molecule has 2 heterocycles. The third-order valence-electron chi connectivity index (χ3n) is 5.00. The van der Waals surface area contributed by atoms with Gasteiger partial charge in [0.25, 0.3) is 5.91 Å². The molecule has 25 heavy (non-hydrogen) atoms. The maximum absolute atomic E-state index is 12.7. The Morgan fingerprint density at radius 3 is 2.72 bits per heavy atom. The highest BCUT2D eigenvalue weighted by molar-refractivity contribution is 6.04. The SMILES string of the molecule is CCC1CCCCN1c1cc(C(=O)Nc2c(C)cccc2C)ncn1. The van der Waals surface area contributed by atoms with Gasteiger partial charge < -0.3 is 10.2 Å². The van der Waals surface area contributed by atoms with Gasteiger partial charge in [0.2, 0.25) is 0 Å². The lowest BCUT2D eigenvalue weighted by Crippen LogP contribution is -2.39. The average Bonchev–Trinajstić information content (AvgIpc) is 2.64. The largest absolute Gasteiger partial charge is 0.354 e. The molecular formula is C20H26N4O. The maximum atomic E-state index is 12.7. The fourth-order valence-electron chi connectivity index (χ4n) is 3.54. The van der Waals surface area contributed by atoms with E-state index >= 15 is 0 Å². The van der Waals surface area contributed by atoms with Crippen LogP contribution in [0.1, 0.15) is 54.2 Å². The van der Waals surface area contributed by atoms with E-state index in [1.807, 2.05) is 38.1 Å². The summed E-state index contributed by atoms with van der Waals surface area (Å²) in [6.45, 7) is 7.19. The van der Waals surface area contributed by atoms with Crippen LogP contribution in [0.25, 0.3) is 0 Å². The Balaban J connectivity index is 1.82. The Kier molecular flexibility index (Phi) is 5.31. The summed E-state index contributed by atoms with van der Waals surface area (Å²) in [4.78, 5) is 23.6. The molecule has 3 rings (SSSR count). The van der Waals surface area contributed by atoms with Gasteiger partial charge >= 0.3 is 0 Å². The minimum absolute atomic E-state index is 0.189. The summed E-state index contributed by atoms with van der Waals surface area (Å²) in [7, 11) is 0. The Bertz CT molecular complexity index is 739. The highest BCUT2D eigenvalue weighted by atomic mass is 16.1. The summed E-state index contributed by atoms with van der Waals surface area (Å²) < 4.78 is 0. The Morgan fingerprint density at radius 1 is 1.24 bits per heavy atom. The lowest BCUT2D eigenvalue weighted by molar-refractivity contribution is 0.102. The molecule has 1 aliphatic rings. The third-order valence-corrected chi connectivity index (χ3v) is 5.00. The molecule has 1 N–H and O–H groups in total. The fraction of sp³-hybridized carbons (Fsp3) is 0.450. The van der Waals surface area contributed by atoms with Gasteiger partial charge in [-0.1, -0.05) is 25.1 Å². The van der Waals surface area contributed by atoms with Crippen molar-refractivity contribution >= 4 is 17.4 Å². The molecule has 1 fully saturated rings. The summed E-state index contributed by atoms with van der Waals surface area (Å²) in [6, 6.07) is 8.29. The van der Waals surface area contributed by atoms with Crippen molar-refractivity contribution in [2.24, 2.45) is 0 Å². The van der Waals surface area contributed by atoms with Gasteiger partial charge in [-0.15, -0.1) is 0 Å². The molecule has 132 valence electrons. The molecule has 0 radical (unpaired) electrons. The smallest absolute Gasteiger partial charge is 0.274 e. The normalized spacial score (nSPS) is 17.4. The van der Waals surface area contributed by atoms with Crippen LogP contribution >= 0.6 is 0 Å². The summed E-state index contributed by atoms with van der Waals surface area (Å²) in [5, 5.41) is 3.00. The highest BCUT2D eigenvalue weighted by Crippen LogP contribution is 2.25. The van der Waals surface area contributed by atoms with Gasteiger partial charge in [-0.2, -0.15) is 0 Å². The summed E-state index contributed by atoms with van der Waals surface area (Å²) in [5.41, 5.74) is 3.36. The number of hydrogen-bond donors (Lipinski definition) is 1. The number of nitrogens with zero attached hydrogens (tertiary/aromatic N) is 3. The first-order valence-electron chi connectivity index (χ1n) is 9.06. The number of rotatable bonds is 4. The van der Waals surface area contributed by atoms with Crippen LogP contribution in [0.5, 0.6) is 0 Å². The molecule has 5 nitrogen and oxygen atoms in total. The van der Waals surface area contributed by atoms with E-state index in [9.17, 15) is 4.79 Å². The first kappa shape index (κ1) is 17.4. The molecule has 1 saturated heterocycles. The molecule has 2 aromatic rings. The van der Waals surface area contributed by atoms with Gasteiger partial charge in [-0.05, 0) is 50.7 Å². The minimum atomic E-state index is -0.189. The van der Waals surface area contributed by atoms with E-state index in [-0.39, 0.29) is 5.91 Å². The van der Waals surface area contributed by atoms with Crippen molar-refractivity contribution < 1.29 is 4.79 Å². The lowest BCUT2D eigenvalue weighted by atomic mass is 10.00. The van der Waals surface area contributed by atoms with Crippen molar-refractivity contribution in [1.82, 2.24) is 9.97 Å². The second-order valence-corrected chi connectivity index (χ2v) is 6.73. The van der Waals surface area contributed by atoms with Crippen molar-refractivity contribution in [2.75, 3.05) is 16.8 Å². The minimum Gasteiger partial charge on any atom is -0.354 e. The Labute approximate surface area is 149 Å². The van der Waals surface area contributed by atoms with E-state index in [1.54, 1.807) is 0 Å². The highest BCUT2D eigenvalue weighted by Gasteiger charge is 2.23. The number of benzene rings is 1. The molecule has 0 bridgehead atoms. The second kappa shape index (κ2) is 7.64. The van der Waals surface area contributed by atoms with Crippen LogP contribution < -0.4 is 10.2 Å². The van der Waals surface area contributed by atoms with E-state index in [0.717, 1.165) is 35.6 Å². The van der Waals surface area contributed by atoms with Crippen LogP contribution in [0.3, 0.4) is 0 Å². The zero-order valence-corrected chi connectivity index (χ0v) is 15.2. The number of para-hydroxylation sites is 1. The van der Waals surface area contributed by atoms with Gasteiger partial charge in [0.15, 0.2) is 0 Å². The van der Waals surface area contributed by atoms with Crippen molar-refractivity contribution in [3.63, 3.8) is 0 Å². The Hall–Kier alpha value is -2.43. The second-order valence-electron chi connectivity index (χ2n) is 6.73. The molecule has 1 amide bonds. The molecular weight excluding hydrogens is 312 g/mol. The first-order chi connectivity index (χ1) is 12.1. The molecule has 0 spiro atoms. The fourth-order valence-corrected chi connectivity index (χ4v) is 3.54. The van der Waals surface area contributed by atoms with E-state index in [1.165, 1.54) is 25.6 Å². The Morgan fingerprint density at radius 2 is 2.00 bits per heavy atom. The van der Waals surface area contributed by atoms with E-state index in [2.05, 4.69) is 27.1 Å². The number of nitrogens with one attached hydrogen (secondary N) is 1. The number of hydrogen-bond acceptors (Lipinski definition) is 4. The summed E-state index contributed by atoms with van der Waals surface area (Å²) >= 11 is 0. The number of aryl methyl sites for hydroxylation is 2. The lowest BCUT2D eigenvalue weighted by Gasteiger charge is -2.36. The van der Waals surface area contributed by atoms with Gasteiger partial charge in [0.1, 0.15) is 17.8 Å². The van der Waals surface area contributed by atoms with Crippen molar-refractivity contribution in [3.8, 4) is 0 Å². The van der Waals surface area contributed by atoms with Gasteiger partial charge in [0, 0.05) is 24.3 Å². The number of carbonyl (C=O) groups excluding carboxylic acids is 1. The van der Waals surface area contributed by atoms with Crippen LogP contribution in [0.15, 0.2) is 30.6 Å². The number of carbonyl (C=O) groups is 1. The summed E-state index contributed by atoms with van der Waals surface area (Å²) in [6.07, 6.45) is 6.21. The van der Waals surface area contributed by atoms with Crippen LogP contribution in [0, 0.1) is 13.8 Å².